The van der Waals surface area contributed by atoms with E-state index >= 15 is 0 Å². The molecular weight excluding hydrogens is 142 g/mol. The van der Waals surface area contributed by atoms with Crippen molar-refractivity contribution in [2.75, 3.05) is 6.61 Å². The van der Waals surface area contributed by atoms with Crippen molar-refractivity contribution in [1.82, 2.24) is 0 Å². The molecule has 1 aliphatic carbocycles. The molecule has 11 heavy (non-hydrogen) atoms. The van der Waals surface area contributed by atoms with Gasteiger partial charge in [-0.05, 0) is 25.2 Å². The fraction of sp³-hybridized carbons (Fsp3) is 0.500. The molecule has 0 spiro atoms. The van der Waals surface area contributed by atoms with Crippen LogP contribution >= 0.6 is 0 Å². The van der Waals surface area contributed by atoms with Crippen molar-refractivity contribution in [1.29, 1.82) is 0 Å². The Morgan fingerprint density at radius 1 is 1.82 bits per heavy atom. The van der Waals surface area contributed by atoms with Crippen molar-refractivity contribution in [3.05, 3.63) is 24.0 Å². The highest BCUT2D eigenvalue weighted by Gasteiger charge is 2.22. The van der Waals surface area contributed by atoms with Crippen LogP contribution in [0.4, 0.5) is 0 Å². The molecule has 1 unspecified atom stereocenters. The van der Waals surface area contributed by atoms with Crippen LogP contribution in [-0.2, 0) is 4.74 Å². The maximum atomic E-state index is 8.97. The molecule has 0 saturated carbocycles. The second kappa shape index (κ2) is 3.07. The van der Waals surface area contributed by atoms with Crippen LogP contribution in [0.3, 0.4) is 0 Å². The van der Waals surface area contributed by atoms with Gasteiger partial charge < -0.3 is 9.84 Å². The van der Waals surface area contributed by atoms with Crippen LogP contribution in [-0.4, -0.2) is 17.4 Å². The predicted octanol–water partition coefficient (Wildman–Crippen LogP) is 1.08. The minimum absolute atomic E-state index is 0.255. The summed E-state index contributed by atoms with van der Waals surface area (Å²) in [5.74, 6) is 0.255. The molecule has 0 heterocycles. The number of aliphatic hydroxyl groups excluding tert-OH is 1. The minimum atomic E-state index is -0.707. The zero-order valence-corrected chi connectivity index (χ0v) is 6.58. The van der Waals surface area contributed by atoms with Crippen molar-refractivity contribution in [3.8, 4) is 0 Å². The van der Waals surface area contributed by atoms with E-state index in [0.717, 1.165) is 0 Å². The summed E-state index contributed by atoms with van der Waals surface area (Å²) in [6.07, 6.45) is 5.41. The van der Waals surface area contributed by atoms with Crippen molar-refractivity contribution >= 4 is 0 Å². The highest BCUT2D eigenvalue weighted by Crippen LogP contribution is 2.18. The molecule has 3 nitrogen and oxygen atoms in total. The number of hydrogen-bond donors (Lipinski definition) is 2. The fourth-order valence-corrected chi connectivity index (χ4v) is 1.00. The van der Waals surface area contributed by atoms with E-state index in [9.17, 15) is 0 Å². The molecule has 62 valence electrons. The van der Waals surface area contributed by atoms with Crippen molar-refractivity contribution in [3.63, 3.8) is 0 Å². The normalized spacial score (nSPS) is 30.2. The lowest BCUT2D eigenvalue weighted by Gasteiger charge is -2.26. The maximum absolute atomic E-state index is 8.97. The van der Waals surface area contributed by atoms with E-state index in [2.05, 4.69) is 0 Å². The molecular formula is C8H13NO2. The summed E-state index contributed by atoms with van der Waals surface area (Å²) >= 11 is 0. The first-order valence-corrected chi connectivity index (χ1v) is 3.67. The van der Waals surface area contributed by atoms with E-state index in [-0.39, 0.29) is 5.76 Å². The van der Waals surface area contributed by atoms with Gasteiger partial charge in [0, 0.05) is 13.0 Å². The van der Waals surface area contributed by atoms with Gasteiger partial charge in [-0.1, -0.05) is 0 Å². The molecule has 0 aromatic rings. The van der Waals surface area contributed by atoms with E-state index in [4.69, 9.17) is 15.6 Å². The predicted molar refractivity (Wildman–Crippen MR) is 43.0 cm³/mol. The van der Waals surface area contributed by atoms with Crippen LogP contribution in [0.25, 0.3) is 0 Å². The number of rotatable bonds is 2. The first-order valence-electron chi connectivity index (χ1n) is 3.67. The summed E-state index contributed by atoms with van der Waals surface area (Å²) in [6.45, 7) is 2.47. The van der Waals surface area contributed by atoms with Gasteiger partial charge in [0.05, 0.1) is 0 Å². The second-order valence-corrected chi connectivity index (χ2v) is 2.55. The average molecular weight is 155 g/mol. The van der Waals surface area contributed by atoms with E-state index < -0.39 is 5.72 Å². The summed E-state index contributed by atoms with van der Waals surface area (Å²) in [7, 11) is 0. The van der Waals surface area contributed by atoms with E-state index in [1.807, 2.05) is 6.92 Å². The Bertz CT molecular complexity index is 198. The van der Waals surface area contributed by atoms with Crippen molar-refractivity contribution < 1.29 is 9.84 Å². The number of aliphatic hydroxyl groups is 1. The molecule has 0 bridgehead atoms. The quantitative estimate of drug-likeness (QED) is 0.587. The number of ether oxygens (including phenoxy) is 1. The van der Waals surface area contributed by atoms with Gasteiger partial charge in [0.2, 0.25) is 0 Å². The lowest BCUT2D eigenvalue weighted by molar-refractivity contribution is 0.00439. The van der Waals surface area contributed by atoms with Gasteiger partial charge in [-0.2, -0.15) is 0 Å². The minimum Gasteiger partial charge on any atom is -0.508 e. The van der Waals surface area contributed by atoms with Crippen LogP contribution in [0.2, 0.25) is 0 Å². The zero-order chi connectivity index (χ0) is 8.32. The summed E-state index contributed by atoms with van der Waals surface area (Å²) in [6, 6.07) is 0. The number of nitrogens with two attached hydrogens (primary N) is 1. The largest absolute Gasteiger partial charge is 0.508 e. The average Bonchev–Trinajstić information content (AvgIpc) is 1.97. The van der Waals surface area contributed by atoms with E-state index in [1.54, 1.807) is 18.2 Å². The molecule has 0 fully saturated rings. The van der Waals surface area contributed by atoms with E-state index in [1.165, 1.54) is 0 Å². The standard InChI is InChI=1S/C8H13NO2/c1-2-11-8(9)5-3-7(10)4-6-8/h3-5,10H,2,6,9H2,1H3. The maximum Gasteiger partial charge on any atom is 0.139 e. The van der Waals surface area contributed by atoms with Gasteiger partial charge in [-0.25, -0.2) is 0 Å². The molecule has 3 heteroatoms. The smallest absolute Gasteiger partial charge is 0.139 e. The summed E-state index contributed by atoms with van der Waals surface area (Å²) in [5.41, 5.74) is 5.06. The summed E-state index contributed by atoms with van der Waals surface area (Å²) in [5, 5.41) is 8.97. The third kappa shape index (κ3) is 2.06. The molecule has 3 N–H and O–H groups in total. The van der Waals surface area contributed by atoms with Gasteiger partial charge in [0.15, 0.2) is 0 Å². The van der Waals surface area contributed by atoms with Gasteiger partial charge >= 0.3 is 0 Å². The third-order valence-electron chi connectivity index (χ3n) is 1.58. The Morgan fingerprint density at radius 2 is 2.55 bits per heavy atom. The Balaban J connectivity index is 2.58. The molecule has 0 amide bonds. The Labute approximate surface area is 66.2 Å². The monoisotopic (exact) mass is 155 g/mol. The first kappa shape index (κ1) is 8.30. The Kier molecular flexibility index (Phi) is 2.31. The number of hydrogen-bond acceptors (Lipinski definition) is 3. The van der Waals surface area contributed by atoms with E-state index in [0.29, 0.717) is 13.0 Å². The fourth-order valence-electron chi connectivity index (χ4n) is 1.00. The Hall–Kier alpha value is -0.800. The van der Waals surface area contributed by atoms with Crippen molar-refractivity contribution in [2.24, 2.45) is 5.73 Å². The molecule has 1 aliphatic rings. The van der Waals surface area contributed by atoms with Crippen LogP contribution < -0.4 is 5.73 Å². The summed E-state index contributed by atoms with van der Waals surface area (Å²) in [4.78, 5) is 0. The molecule has 0 aromatic heterocycles. The van der Waals surface area contributed by atoms with Crippen LogP contribution in [0.1, 0.15) is 13.3 Å². The van der Waals surface area contributed by atoms with Crippen molar-refractivity contribution in [2.45, 2.75) is 19.1 Å². The number of allylic oxidation sites excluding steroid dienone is 1. The third-order valence-corrected chi connectivity index (χ3v) is 1.58. The lowest BCUT2D eigenvalue weighted by atomic mass is 10.1. The molecule has 0 aliphatic heterocycles. The van der Waals surface area contributed by atoms with Gasteiger partial charge in [-0.15, -0.1) is 0 Å². The molecule has 1 atom stereocenters. The highest BCUT2D eigenvalue weighted by molar-refractivity contribution is 5.21. The van der Waals surface area contributed by atoms with Gasteiger partial charge in [0.1, 0.15) is 11.5 Å². The second-order valence-electron chi connectivity index (χ2n) is 2.55. The molecule has 0 radical (unpaired) electrons. The van der Waals surface area contributed by atoms with Crippen LogP contribution in [0.15, 0.2) is 24.0 Å². The molecule has 0 saturated heterocycles. The van der Waals surface area contributed by atoms with Gasteiger partial charge in [0.25, 0.3) is 0 Å². The summed E-state index contributed by atoms with van der Waals surface area (Å²) < 4.78 is 5.25. The van der Waals surface area contributed by atoms with Crippen LogP contribution in [0.5, 0.6) is 0 Å². The Morgan fingerprint density at radius 3 is 3.00 bits per heavy atom. The topological polar surface area (TPSA) is 55.5 Å². The molecule has 1 rings (SSSR count). The van der Waals surface area contributed by atoms with Gasteiger partial charge in [-0.3, -0.25) is 5.73 Å². The first-order chi connectivity index (χ1) is 5.16. The lowest BCUT2D eigenvalue weighted by Crippen LogP contribution is -2.41. The SMILES string of the molecule is CCOC1(N)C=CC(O)=CC1. The highest BCUT2D eigenvalue weighted by atomic mass is 16.5. The molecule has 0 aromatic carbocycles. The van der Waals surface area contributed by atoms with Crippen LogP contribution in [0, 0.1) is 0 Å². The zero-order valence-electron chi connectivity index (χ0n) is 6.58.